The number of ether oxygens (including phenoxy) is 2. The molecule has 0 spiro atoms. The maximum atomic E-state index is 5.48. The molecule has 1 aromatic rings. The van der Waals surface area contributed by atoms with Gasteiger partial charge in [-0.1, -0.05) is 31.4 Å². The number of hydrogen-bond donors (Lipinski definition) is 1. The summed E-state index contributed by atoms with van der Waals surface area (Å²) < 4.78 is 10.8. The van der Waals surface area contributed by atoms with Crippen LogP contribution in [0.15, 0.2) is 18.2 Å². The fourth-order valence-corrected chi connectivity index (χ4v) is 3.16. The lowest BCUT2D eigenvalue weighted by atomic mass is 9.84. The van der Waals surface area contributed by atoms with Crippen molar-refractivity contribution in [3.63, 3.8) is 0 Å². The van der Waals surface area contributed by atoms with Crippen LogP contribution >= 0.6 is 0 Å². The fourth-order valence-electron chi connectivity index (χ4n) is 3.16. The molecule has 3 nitrogen and oxygen atoms in total. The van der Waals surface area contributed by atoms with Gasteiger partial charge in [0.15, 0.2) is 11.5 Å². The maximum absolute atomic E-state index is 5.48. The molecule has 0 unspecified atom stereocenters. The maximum Gasteiger partial charge on any atom is 0.165 e. The minimum atomic E-state index is 0.561. The first-order valence-corrected chi connectivity index (χ1v) is 7.69. The average Bonchev–Trinajstić information content (AvgIpc) is 2.52. The third-order valence-corrected chi connectivity index (χ3v) is 4.46. The molecule has 0 aromatic heterocycles. The van der Waals surface area contributed by atoms with Crippen molar-refractivity contribution in [2.45, 2.75) is 51.6 Å². The van der Waals surface area contributed by atoms with Crippen molar-refractivity contribution in [3.8, 4) is 11.5 Å². The number of methoxy groups -OCH3 is 2. The molecule has 0 amide bonds. The minimum Gasteiger partial charge on any atom is -0.493 e. The molecule has 1 aliphatic rings. The van der Waals surface area contributed by atoms with Crippen LogP contribution in [0.4, 0.5) is 0 Å². The van der Waals surface area contributed by atoms with Crippen molar-refractivity contribution >= 4 is 0 Å². The molecule has 0 heterocycles. The van der Waals surface area contributed by atoms with E-state index in [2.05, 4.69) is 18.3 Å². The van der Waals surface area contributed by atoms with Crippen molar-refractivity contribution in [1.82, 2.24) is 5.32 Å². The summed E-state index contributed by atoms with van der Waals surface area (Å²) in [4.78, 5) is 0. The lowest BCUT2D eigenvalue weighted by Crippen LogP contribution is -2.34. The Hall–Kier alpha value is -1.22. The van der Waals surface area contributed by atoms with E-state index in [4.69, 9.17) is 9.47 Å². The van der Waals surface area contributed by atoms with Crippen LogP contribution in [0.3, 0.4) is 0 Å². The smallest absolute Gasteiger partial charge is 0.165 e. The fraction of sp³-hybridized carbons (Fsp3) is 0.647. The first kappa shape index (κ1) is 15.2. The summed E-state index contributed by atoms with van der Waals surface area (Å²) in [6.45, 7) is 3.14. The number of para-hydroxylation sites is 1. The summed E-state index contributed by atoms with van der Waals surface area (Å²) in [5, 5.41) is 3.66. The van der Waals surface area contributed by atoms with Crippen molar-refractivity contribution < 1.29 is 9.47 Å². The van der Waals surface area contributed by atoms with E-state index >= 15 is 0 Å². The van der Waals surface area contributed by atoms with Crippen LogP contribution in [0.5, 0.6) is 11.5 Å². The van der Waals surface area contributed by atoms with Gasteiger partial charge in [0.25, 0.3) is 0 Å². The van der Waals surface area contributed by atoms with Gasteiger partial charge in [-0.25, -0.2) is 0 Å². The van der Waals surface area contributed by atoms with Crippen molar-refractivity contribution in [2.75, 3.05) is 14.2 Å². The highest BCUT2D eigenvalue weighted by Gasteiger charge is 2.20. The molecule has 2 rings (SSSR count). The Bertz CT molecular complexity index is 413. The van der Waals surface area contributed by atoms with Crippen LogP contribution < -0.4 is 14.8 Å². The van der Waals surface area contributed by atoms with Gasteiger partial charge in [-0.05, 0) is 31.7 Å². The number of benzene rings is 1. The van der Waals surface area contributed by atoms with Gasteiger partial charge in [-0.15, -0.1) is 0 Å². The largest absolute Gasteiger partial charge is 0.493 e. The summed E-state index contributed by atoms with van der Waals surface area (Å²) in [7, 11) is 3.38. The Morgan fingerprint density at radius 2 is 1.90 bits per heavy atom. The molecule has 20 heavy (non-hydrogen) atoms. The Kier molecular flexibility index (Phi) is 5.72. The average molecular weight is 277 g/mol. The topological polar surface area (TPSA) is 30.5 Å². The molecule has 1 atom stereocenters. The van der Waals surface area contributed by atoms with E-state index in [1.807, 2.05) is 12.1 Å². The highest BCUT2D eigenvalue weighted by atomic mass is 16.5. The first-order chi connectivity index (χ1) is 9.76. The molecule has 0 radical (unpaired) electrons. The van der Waals surface area contributed by atoms with Crippen LogP contribution in [-0.4, -0.2) is 20.3 Å². The predicted molar refractivity (Wildman–Crippen MR) is 82.4 cm³/mol. The summed E-state index contributed by atoms with van der Waals surface area (Å²) in [6, 6.07) is 6.62. The first-order valence-electron chi connectivity index (χ1n) is 7.69. The number of nitrogens with one attached hydrogen (secondary N) is 1. The summed E-state index contributed by atoms with van der Waals surface area (Å²) in [5.41, 5.74) is 1.16. The van der Waals surface area contributed by atoms with Crippen LogP contribution in [0.1, 0.15) is 44.6 Å². The summed E-state index contributed by atoms with van der Waals surface area (Å²) in [5.74, 6) is 2.47. The molecule has 0 bridgehead atoms. The van der Waals surface area contributed by atoms with Gasteiger partial charge < -0.3 is 14.8 Å². The molecule has 1 saturated carbocycles. The van der Waals surface area contributed by atoms with Crippen molar-refractivity contribution in [1.29, 1.82) is 0 Å². The number of rotatable bonds is 6. The Balaban J connectivity index is 1.96. The normalized spacial score (nSPS) is 17.8. The predicted octanol–water partition coefficient (Wildman–Crippen LogP) is 3.76. The lowest BCUT2D eigenvalue weighted by Gasteiger charge is -2.28. The standard InChI is InChI=1S/C17H27NO2/c1-13(14-8-5-4-6-9-14)18-12-15-10-7-11-16(19-2)17(15)20-3/h7,10-11,13-14,18H,4-6,8-9,12H2,1-3H3/t13-/m1/s1. The quantitative estimate of drug-likeness (QED) is 0.858. The van der Waals surface area contributed by atoms with Crippen molar-refractivity contribution in [3.05, 3.63) is 23.8 Å². The highest BCUT2D eigenvalue weighted by molar-refractivity contribution is 5.46. The van der Waals surface area contributed by atoms with Gasteiger partial charge >= 0.3 is 0 Å². The minimum absolute atomic E-state index is 0.561. The van der Waals surface area contributed by atoms with E-state index in [9.17, 15) is 0 Å². The molecule has 112 valence electrons. The van der Waals surface area contributed by atoms with Gasteiger partial charge in [-0.3, -0.25) is 0 Å². The second-order valence-corrected chi connectivity index (χ2v) is 5.72. The van der Waals surface area contributed by atoms with Gasteiger partial charge in [0.2, 0.25) is 0 Å². The molecule has 1 N–H and O–H groups in total. The van der Waals surface area contributed by atoms with E-state index in [1.165, 1.54) is 32.1 Å². The van der Waals surface area contributed by atoms with Gasteiger partial charge in [0, 0.05) is 18.2 Å². The highest BCUT2D eigenvalue weighted by Crippen LogP contribution is 2.31. The Morgan fingerprint density at radius 1 is 1.15 bits per heavy atom. The van der Waals surface area contributed by atoms with Gasteiger partial charge in [-0.2, -0.15) is 0 Å². The Morgan fingerprint density at radius 3 is 2.55 bits per heavy atom. The molecule has 3 heteroatoms. The number of hydrogen-bond acceptors (Lipinski definition) is 3. The van der Waals surface area contributed by atoms with E-state index in [0.717, 1.165) is 29.5 Å². The third kappa shape index (κ3) is 3.66. The molecule has 1 aromatic carbocycles. The van der Waals surface area contributed by atoms with Crippen molar-refractivity contribution in [2.24, 2.45) is 5.92 Å². The van der Waals surface area contributed by atoms with Crippen LogP contribution in [0, 0.1) is 5.92 Å². The zero-order valence-electron chi connectivity index (χ0n) is 12.9. The van der Waals surface area contributed by atoms with Gasteiger partial charge in [0.1, 0.15) is 0 Å². The van der Waals surface area contributed by atoms with Crippen LogP contribution in [-0.2, 0) is 6.54 Å². The summed E-state index contributed by atoms with van der Waals surface area (Å²) >= 11 is 0. The second-order valence-electron chi connectivity index (χ2n) is 5.72. The molecule has 0 aliphatic heterocycles. The SMILES string of the molecule is COc1cccc(CN[C@H](C)C2CCCCC2)c1OC. The van der Waals surface area contributed by atoms with E-state index in [1.54, 1.807) is 14.2 Å². The molecule has 0 saturated heterocycles. The third-order valence-electron chi connectivity index (χ3n) is 4.46. The van der Waals surface area contributed by atoms with E-state index in [-0.39, 0.29) is 0 Å². The Labute approximate surface area is 122 Å². The molecular formula is C17H27NO2. The van der Waals surface area contributed by atoms with E-state index < -0.39 is 0 Å². The molecule has 1 aliphatic carbocycles. The zero-order valence-corrected chi connectivity index (χ0v) is 12.9. The second kappa shape index (κ2) is 7.53. The van der Waals surface area contributed by atoms with Gasteiger partial charge in [0.05, 0.1) is 14.2 Å². The zero-order chi connectivity index (χ0) is 14.4. The van der Waals surface area contributed by atoms with Crippen LogP contribution in [0.25, 0.3) is 0 Å². The lowest BCUT2D eigenvalue weighted by molar-refractivity contribution is 0.279. The monoisotopic (exact) mass is 277 g/mol. The summed E-state index contributed by atoms with van der Waals surface area (Å²) in [6.07, 6.45) is 6.91. The van der Waals surface area contributed by atoms with E-state index in [0.29, 0.717) is 6.04 Å². The molecule has 1 fully saturated rings. The van der Waals surface area contributed by atoms with Crippen LogP contribution in [0.2, 0.25) is 0 Å². The molecular weight excluding hydrogens is 250 g/mol.